The highest BCUT2D eigenvalue weighted by atomic mass is 14.8. The molecule has 2 fully saturated rings. The van der Waals surface area contributed by atoms with Crippen LogP contribution in [-0.4, -0.2) is 13.6 Å². The molecule has 3 atom stereocenters. The first-order valence-electron chi connectivity index (χ1n) is 5.89. The standard InChI is InChI=1S/C12H23N/c1-10-3-5-12(7-10)6-4-11(8-12)9-13-2/h10-11,13H,3-9H2,1-2H3/t10-,11?,12?/m1/s1. The van der Waals surface area contributed by atoms with Gasteiger partial charge in [0, 0.05) is 0 Å². The van der Waals surface area contributed by atoms with Crippen molar-refractivity contribution in [3.8, 4) is 0 Å². The van der Waals surface area contributed by atoms with Crippen molar-refractivity contribution in [3.05, 3.63) is 0 Å². The lowest BCUT2D eigenvalue weighted by atomic mass is 9.83. The third-order valence-corrected chi connectivity index (χ3v) is 4.25. The van der Waals surface area contributed by atoms with E-state index >= 15 is 0 Å². The Balaban J connectivity index is 1.89. The van der Waals surface area contributed by atoms with Crippen LogP contribution in [0.3, 0.4) is 0 Å². The van der Waals surface area contributed by atoms with E-state index in [1.807, 2.05) is 0 Å². The molecule has 1 heteroatoms. The summed E-state index contributed by atoms with van der Waals surface area (Å²) in [5.74, 6) is 1.99. The van der Waals surface area contributed by atoms with E-state index in [4.69, 9.17) is 0 Å². The molecule has 0 amide bonds. The molecular weight excluding hydrogens is 158 g/mol. The van der Waals surface area contributed by atoms with E-state index in [9.17, 15) is 0 Å². The van der Waals surface area contributed by atoms with Gasteiger partial charge in [0.05, 0.1) is 0 Å². The Kier molecular flexibility index (Phi) is 2.64. The maximum atomic E-state index is 3.33. The average molecular weight is 181 g/mol. The van der Waals surface area contributed by atoms with Gasteiger partial charge in [-0.3, -0.25) is 0 Å². The largest absolute Gasteiger partial charge is 0.319 e. The van der Waals surface area contributed by atoms with Crippen molar-refractivity contribution in [1.82, 2.24) is 5.32 Å². The second-order valence-corrected chi connectivity index (χ2v) is 5.51. The molecule has 1 spiro atoms. The van der Waals surface area contributed by atoms with Crippen LogP contribution in [0.15, 0.2) is 0 Å². The van der Waals surface area contributed by atoms with E-state index in [0.717, 1.165) is 17.3 Å². The minimum Gasteiger partial charge on any atom is -0.319 e. The van der Waals surface area contributed by atoms with Crippen LogP contribution in [0.1, 0.15) is 45.4 Å². The first-order valence-corrected chi connectivity index (χ1v) is 5.89. The Bertz CT molecular complexity index is 178. The smallest absolute Gasteiger partial charge is 0.00233 e. The molecule has 76 valence electrons. The summed E-state index contributed by atoms with van der Waals surface area (Å²) >= 11 is 0. The number of rotatable bonds is 2. The van der Waals surface area contributed by atoms with Gasteiger partial charge in [-0.25, -0.2) is 0 Å². The predicted molar refractivity (Wildman–Crippen MR) is 56.7 cm³/mol. The second kappa shape index (κ2) is 3.61. The molecule has 1 nitrogen and oxygen atoms in total. The lowest BCUT2D eigenvalue weighted by molar-refractivity contribution is 0.283. The van der Waals surface area contributed by atoms with Crippen molar-refractivity contribution in [3.63, 3.8) is 0 Å². The Hall–Kier alpha value is -0.0400. The highest BCUT2D eigenvalue weighted by Crippen LogP contribution is 2.54. The Morgan fingerprint density at radius 1 is 1.23 bits per heavy atom. The molecule has 1 N–H and O–H groups in total. The van der Waals surface area contributed by atoms with E-state index in [0.29, 0.717) is 0 Å². The van der Waals surface area contributed by atoms with Crippen molar-refractivity contribution in [1.29, 1.82) is 0 Å². The fourth-order valence-electron chi connectivity index (χ4n) is 3.70. The minimum atomic E-state index is 0.793. The molecule has 2 saturated carbocycles. The molecule has 0 radical (unpaired) electrons. The Labute approximate surface area is 82.3 Å². The molecule has 0 aromatic heterocycles. The first-order chi connectivity index (χ1) is 6.24. The summed E-state index contributed by atoms with van der Waals surface area (Å²) in [6.07, 6.45) is 9.04. The number of hydrogen-bond donors (Lipinski definition) is 1. The van der Waals surface area contributed by atoms with E-state index in [2.05, 4.69) is 19.3 Å². The summed E-state index contributed by atoms with van der Waals surface area (Å²) in [5, 5.41) is 3.33. The van der Waals surface area contributed by atoms with E-state index < -0.39 is 0 Å². The van der Waals surface area contributed by atoms with E-state index in [1.165, 1.54) is 45.1 Å². The zero-order valence-electron chi connectivity index (χ0n) is 9.10. The summed E-state index contributed by atoms with van der Waals surface area (Å²) in [4.78, 5) is 0. The minimum absolute atomic E-state index is 0.793. The molecule has 2 rings (SSSR count). The van der Waals surface area contributed by atoms with Crippen LogP contribution in [-0.2, 0) is 0 Å². The van der Waals surface area contributed by atoms with Gasteiger partial charge < -0.3 is 5.32 Å². The Morgan fingerprint density at radius 2 is 2.00 bits per heavy atom. The topological polar surface area (TPSA) is 12.0 Å². The lowest BCUT2D eigenvalue weighted by Crippen LogP contribution is -2.19. The van der Waals surface area contributed by atoms with Gasteiger partial charge in [-0.1, -0.05) is 13.3 Å². The zero-order chi connectivity index (χ0) is 9.31. The summed E-state index contributed by atoms with van der Waals surface area (Å²) in [6, 6.07) is 0. The molecule has 2 aliphatic carbocycles. The van der Waals surface area contributed by atoms with Gasteiger partial charge in [0.1, 0.15) is 0 Å². The van der Waals surface area contributed by atoms with Crippen molar-refractivity contribution in [2.45, 2.75) is 45.4 Å². The van der Waals surface area contributed by atoms with Crippen LogP contribution >= 0.6 is 0 Å². The van der Waals surface area contributed by atoms with Crippen molar-refractivity contribution < 1.29 is 0 Å². The van der Waals surface area contributed by atoms with Gasteiger partial charge in [0.25, 0.3) is 0 Å². The highest BCUT2D eigenvalue weighted by Gasteiger charge is 2.42. The monoisotopic (exact) mass is 181 g/mol. The first kappa shape index (κ1) is 9.51. The van der Waals surface area contributed by atoms with E-state index in [1.54, 1.807) is 0 Å². The molecule has 0 bridgehead atoms. The van der Waals surface area contributed by atoms with Crippen LogP contribution in [0.2, 0.25) is 0 Å². The second-order valence-electron chi connectivity index (χ2n) is 5.51. The number of hydrogen-bond acceptors (Lipinski definition) is 1. The van der Waals surface area contributed by atoms with Crippen LogP contribution < -0.4 is 5.32 Å². The lowest BCUT2D eigenvalue weighted by Gasteiger charge is -2.23. The van der Waals surface area contributed by atoms with Crippen molar-refractivity contribution in [2.24, 2.45) is 17.3 Å². The molecule has 2 aliphatic rings. The van der Waals surface area contributed by atoms with Crippen LogP contribution in [0.4, 0.5) is 0 Å². The third kappa shape index (κ3) is 1.90. The fraction of sp³-hybridized carbons (Fsp3) is 1.00. The highest BCUT2D eigenvalue weighted by molar-refractivity contribution is 4.94. The molecule has 13 heavy (non-hydrogen) atoms. The van der Waals surface area contributed by atoms with Crippen molar-refractivity contribution in [2.75, 3.05) is 13.6 Å². The SMILES string of the molecule is CNCC1CCC2(CC[C@@H](C)C2)C1. The van der Waals surface area contributed by atoms with Gasteiger partial charge >= 0.3 is 0 Å². The molecular formula is C12H23N. The van der Waals surface area contributed by atoms with Crippen LogP contribution in [0.5, 0.6) is 0 Å². The predicted octanol–water partition coefficient (Wildman–Crippen LogP) is 2.81. The quantitative estimate of drug-likeness (QED) is 0.690. The summed E-state index contributed by atoms with van der Waals surface area (Å²) in [6.45, 7) is 3.68. The maximum Gasteiger partial charge on any atom is -0.00233 e. The normalized spacial score (nSPS) is 44.8. The van der Waals surface area contributed by atoms with Gasteiger partial charge in [-0.15, -0.1) is 0 Å². The maximum absolute atomic E-state index is 3.33. The zero-order valence-corrected chi connectivity index (χ0v) is 9.10. The van der Waals surface area contributed by atoms with Crippen LogP contribution in [0.25, 0.3) is 0 Å². The molecule has 0 aromatic rings. The molecule has 0 aromatic carbocycles. The summed E-state index contributed by atoms with van der Waals surface area (Å²) in [7, 11) is 2.09. The average Bonchev–Trinajstić information content (AvgIpc) is 2.62. The van der Waals surface area contributed by atoms with Crippen molar-refractivity contribution >= 4 is 0 Å². The van der Waals surface area contributed by atoms with Gasteiger partial charge in [-0.05, 0) is 62.9 Å². The molecule has 0 saturated heterocycles. The molecule has 0 aliphatic heterocycles. The fourth-order valence-corrected chi connectivity index (χ4v) is 3.70. The summed E-state index contributed by atoms with van der Waals surface area (Å²) in [5.41, 5.74) is 0.793. The molecule has 2 unspecified atom stereocenters. The van der Waals surface area contributed by atoms with Gasteiger partial charge in [0.2, 0.25) is 0 Å². The number of nitrogens with one attached hydrogen (secondary N) is 1. The summed E-state index contributed by atoms with van der Waals surface area (Å²) < 4.78 is 0. The van der Waals surface area contributed by atoms with Crippen LogP contribution in [0, 0.1) is 17.3 Å². The third-order valence-electron chi connectivity index (χ3n) is 4.25. The van der Waals surface area contributed by atoms with Gasteiger partial charge in [0.15, 0.2) is 0 Å². The molecule has 0 heterocycles. The van der Waals surface area contributed by atoms with E-state index in [-0.39, 0.29) is 0 Å². The van der Waals surface area contributed by atoms with Gasteiger partial charge in [-0.2, -0.15) is 0 Å². The Morgan fingerprint density at radius 3 is 2.62 bits per heavy atom.